The Kier molecular flexibility index (Phi) is 22.7. The lowest BCUT2D eigenvalue weighted by molar-refractivity contribution is -0.163. The fraction of sp³-hybridized carbons (Fsp3) is 0.768. The maximum atomic E-state index is 13.3. The first-order valence-corrected chi connectivity index (χ1v) is 28.3. The standard InChI is InChI=1S/C33H50ClN3O5.C23H34ClN3O2.2ClH/c1-32(2,3)42-31(39)37(11-7-13-41-29-9-4-5-12-40-29)10-6-8-26-17-27(28(34)21-35-26)30(38)36-22-33-18-23-14-24(19-33)16-25(15-23)20-33;24-21-14-26-19(3-1-4-25-5-2-6-28)10-20(21)22(29)27-15-23-11-16-7-17(12-23)9-18(8-16)13-23;;/h17,21,23-25,29H,4-16,18-20,22H2,1-3H3,(H,36,38);10,14,16-18,25,28H,1-9,11-13,15H2,(H,27,29);2*1H. The molecule has 8 bridgehead atoms. The highest BCUT2D eigenvalue weighted by Gasteiger charge is 2.52. The predicted octanol–water partition coefficient (Wildman–Crippen LogP) is 11.2. The van der Waals surface area contributed by atoms with Crippen molar-refractivity contribution in [2.45, 2.75) is 167 Å². The molecule has 1 atom stereocenters. The molecule has 0 radical (unpaired) electrons. The molecule has 8 saturated carbocycles. The minimum absolute atomic E-state index is 0. The van der Waals surface area contributed by atoms with Gasteiger partial charge in [-0.1, -0.05) is 23.2 Å². The number of aliphatic hydroxyl groups is 1. The van der Waals surface area contributed by atoms with Crippen LogP contribution in [0.5, 0.6) is 0 Å². The van der Waals surface area contributed by atoms with Gasteiger partial charge in [-0.25, -0.2) is 4.79 Å². The van der Waals surface area contributed by atoms with Crippen LogP contribution >= 0.6 is 48.0 Å². The van der Waals surface area contributed by atoms with Crippen LogP contribution in [0, 0.1) is 46.3 Å². The summed E-state index contributed by atoms with van der Waals surface area (Å²) in [5.74, 6) is 5.04. The van der Waals surface area contributed by atoms with Crippen molar-refractivity contribution in [3.63, 3.8) is 0 Å². The third-order valence-electron chi connectivity index (χ3n) is 16.7. The zero-order valence-electron chi connectivity index (χ0n) is 43.9. The number of carbonyl (C=O) groups excluding carboxylic acids is 3. The van der Waals surface area contributed by atoms with Crippen LogP contribution in [0.1, 0.15) is 175 Å². The zero-order chi connectivity index (χ0) is 50.0. The van der Waals surface area contributed by atoms with Gasteiger partial charge in [-0.3, -0.25) is 19.6 Å². The van der Waals surface area contributed by atoms with E-state index in [0.29, 0.717) is 65.5 Å². The molecule has 1 aliphatic heterocycles. The van der Waals surface area contributed by atoms with Crippen LogP contribution in [0.15, 0.2) is 24.5 Å². The summed E-state index contributed by atoms with van der Waals surface area (Å²) in [6.45, 7) is 11.4. The Morgan fingerprint density at radius 1 is 0.712 bits per heavy atom. The number of pyridine rings is 2. The molecule has 410 valence electrons. The molecule has 0 spiro atoms. The summed E-state index contributed by atoms with van der Waals surface area (Å²) >= 11 is 12.8. The van der Waals surface area contributed by atoms with Crippen LogP contribution in [0.25, 0.3) is 0 Å². The molecule has 1 unspecified atom stereocenters. The molecular weight excluding hydrogens is 1010 g/mol. The number of aliphatic hydroxyl groups excluding tert-OH is 1. The Morgan fingerprint density at radius 3 is 1.63 bits per heavy atom. The Hall–Kier alpha value is -2.49. The van der Waals surface area contributed by atoms with Gasteiger partial charge in [-0.15, -0.1) is 24.8 Å². The molecular formula is C56H86Cl4N6O7. The molecule has 11 rings (SSSR count). The van der Waals surface area contributed by atoms with E-state index in [1.165, 1.54) is 77.0 Å². The number of halogens is 4. The third kappa shape index (κ3) is 17.3. The average Bonchev–Trinajstić information content (AvgIpc) is 3.32. The molecule has 73 heavy (non-hydrogen) atoms. The number of hydrogen-bond acceptors (Lipinski definition) is 10. The smallest absolute Gasteiger partial charge is 0.410 e. The normalized spacial score (nSPS) is 28.3. The van der Waals surface area contributed by atoms with E-state index >= 15 is 0 Å². The number of ether oxygens (including phenoxy) is 3. The number of aryl methyl sites for hydroxylation is 2. The molecule has 8 aliphatic carbocycles. The lowest BCUT2D eigenvalue weighted by atomic mass is 9.49. The number of aromatic nitrogens is 2. The average molecular weight is 1100 g/mol. The van der Waals surface area contributed by atoms with Gasteiger partial charge in [0, 0.05) is 63.2 Å². The Labute approximate surface area is 458 Å². The summed E-state index contributed by atoms with van der Waals surface area (Å²) in [6, 6.07) is 3.66. The lowest BCUT2D eigenvalue weighted by Gasteiger charge is -2.56. The van der Waals surface area contributed by atoms with E-state index in [1.807, 2.05) is 32.9 Å². The largest absolute Gasteiger partial charge is 0.444 e. The van der Waals surface area contributed by atoms with E-state index in [0.717, 1.165) is 118 Å². The molecule has 3 heterocycles. The highest BCUT2D eigenvalue weighted by Crippen LogP contribution is 2.61. The lowest BCUT2D eigenvalue weighted by Crippen LogP contribution is -2.51. The second-order valence-electron chi connectivity index (χ2n) is 24.0. The van der Waals surface area contributed by atoms with Crippen molar-refractivity contribution in [3.8, 4) is 0 Å². The van der Waals surface area contributed by atoms with Crippen molar-refractivity contribution < 1.29 is 33.7 Å². The van der Waals surface area contributed by atoms with Gasteiger partial charge in [-0.05, 0) is 227 Å². The van der Waals surface area contributed by atoms with E-state index in [1.54, 1.807) is 17.3 Å². The van der Waals surface area contributed by atoms with Crippen LogP contribution in [0.3, 0.4) is 0 Å². The maximum Gasteiger partial charge on any atom is 0.410 e. The summed E-state index contributed by atoms with van der Waals surface area (Å²) < 4.78 is 17.2. The van der Waals surface area contributed by atoms with Crippen LogP contribution in [-0.2, 0) is 27.1 Å². The Balaban J connectivity index is 0.000000246. The quantitative estimate of drug-likeness (QED) is 0.0835. The number of amides is 3. The van der Waals surface area contributed by atoms with Gasteiger partial charge >= 0.3 is 6.09 Å². The van der Waals surface area contributed by atoms with Gasteiger partial charge in [0.15, 0.2) is 6.29 Å². The third-order valence-corrected chi connectivity index (χ3v) is 17.3. The van der Waals surface area contributed by atoms with Crippen LogP contribution in [-0.4, -0.2) is 109 Å². The molecule has 2 aromatic rings. The molecule has 1 saturated heterocycles. The van der Waals surface area contributed by atoms with E-state index in [-0.39, 0.29) is 61.0 Å². The number of nitrogens with one attached hydrogen (secondary N) is 3. The van der Waals surface area contributed by atoms with Crippen molar-refractivity contribution in [1.29, 1.82) is 0 Å². The highest BCUT2D eigenvalue weighted by molar-refractivity contribution is 6.34. The fourth-order valence-corrected chi connectivity index (χ4v) is 14.8. The first-order chi connectivity index (χ1) is 34.1. The van der Waals surface area contributed by atoms with E-state index in [4.69, 9.17) is 42.5 Å². The van der Waals surface area contributed by atoms with Crippen molar-refractivity contribution in [3.05, 3.63) is 57.1 Å². The van der Waals surface area contributed by atoms with Gasteiger partial charge in [0.25, 0.3) is 11.8 Å². The number of hydrogen-bond donors (Lipinski definition) is 4. The second kappa shape index (κ2) is 27.7. The minimum Gasteiger partial charge on any atom is -0.444 e. The summed E-state index contributed by atoms with van der Waals surface area (Å²) in [4.78, 5) is 49.7. The number of carbonyl (C=O) groups is 3. The fourth-order valence-electron chi connectivity index (χ4n) is 14.4. The summed E-state index contributed by atoms with van der Waals surface area (Å²) in [5.41, 5.74) is 2.75. The Morgan fingerprint density at radius 2 is 1.18 bits per heavy atom. The monoisotopic (exact) mass is 1090 g/mol. The Bertz CT molecular complexity index is 2030. The number of rotatable bonds is 22. The van der Waals surface area contributed by atoms with E-state index in [9.17, 15) is 14.4 Å². The predicted molar refractivity (Wildman–Crippen MR) is 292 cm³/mol. The van der Waals surface area contributed by atoms with Crippen molar-refractivity contribution in [1.82, 2.24) is 30.8 Å². The SMILES string of the molecule is CC(C)(C)OC(=O)N(CCCOC1CCCCO1)CCCc1cc(C(=O)NCC23CC4CC(CC(C4)C2)C3)c(Cl)cn1.Cl.Cl.O=C(NCC12CC3CC(CC(C3)C1)C2)c1cc(CCCNCCCO)ncc1Cl. The molecule has 9 aliphatic rings. The molecule has 9 fully saturated rings. The van der Waals surface area contributed by atoms with E-state index in [2.05, 4.69) is 25.9 Å². The summed E-state index contributed by atoms with van der Waals surface area (Å²) in [6.07, 6.45) is 26.4. The topological polar surface area (TPSA) is 164 Å². The van der Waals surface area contributed by atoms with Gasteiger partial charge in [0.1, 0.15) is 5.60 Å². The maximum absolute atomic E-state index is 13.3. The second-order valence-corrected chi connectivity index (χ2v) is 24.8. The van der Waals surface area contributed by atoms with Gasteiger partial charge < -0.3 is 40.2 Å². The first kappa shape index (κ1) is 59.7. The van der Waals surface area contributed by atoms with E-state index < -0.39 is 5.60 Å². The van der Waals surface area contributed by atoms with Crippen LogP contribution in [0.2, 0.25) is 10.0 Å². The van der Waals surface area contributed by atoms with Crippen LogP contribution < -0.4 is 16.0 Å². The van der Waals surface area contributed by atoms with Gasteiger partial charge in [0.05, 0.1) is 27.8 Å². The first-order valence-electron chi connectivity index (χ1n) is 27.5. The van der Waals surface area contributed by atoms with Crippen molar-refractivity contribution in [2.24, 2.45) is 46.3 Å². The molecule has 13 nitrogen and oxygen atoms in total. The summed E-state index contributed by atoms with van der Waals surface area (Å²) in [5, 5.41) is 19.4. The van der Waals surface area contributed by atoms with Crippen molar-refractivity contribution >= 4 is 65.9 Å². The molecule has 3 amide bonds. The molecule has 4 N–H and O–H groups in total. The molecule has 2 aromatic heterocycles. The highest BCUT2D eigenvalue weighted by atomic mass is 35.5. The van der Waals surface area contributed by atoms with Crippen LogP contribution in [0.4, 0.5) is 4.79 Å². The number of nitrogens with zero attached hydrogens (tertiary/aromatic N) is 3. The minimum atomic E-state index is -0.571. The summed E-state index contributed by atoms with van der Waals surface area (Å²) in [7, 11) is 0. The molecule has 17 heteroatoms. The van der Waals surface area contributed by atoms with Gasteiger partial charge in [-0.2, -0.15) is 0 Å². The molecule has 0 aromatic carbocycles. The van der Waals surface area contributed by atoms with Crippen molar-refractivity contribution in [2.75, 3.05) is 59.1 Å². The zero-order valence-corrected chi connectivity index (χ0v) is 47.0. The van der Waals surface area contributed by atoms with Gasteiger partial charge in [0.2, 0.25) is 0 Å².